The summed E-state index contributed by atoms with van der Waals surface area (Å²) < 4.78 is 4.80. The standard InChI is InChI=1S/C13H27N3O2/c1-11-9-15(13(17)18-5)10-12(2)16(11)8-6-7-14(3)4/h11-12H,6-10H2,1-5H3. The fourth-order valence-corrected chi connectivity index (χ4v) is 2.65. The molecule has 0 aromatic rings. The van der Waals surface area contributed by atoms with Crippen molar-refractivity contribution < 1.29 is 9.53 Å². The van der Waals surface area contributed by atoms with Crippen molar-refractivity contribution in [1.29, 1.82) is 0 Å². The second-order valence-electron chi connectivity index (χ2n) is 5.47. The van der Waals surface area contributed by atoms with Crippen molar-refractivity contribution in [1.82, 2.24) is 14.7 Å². The summed E-state index contributed by atoms with van der Waals surface area (Å²) in [6.07, 6.45) is 0.960. The Bertz CT molecular complexity index is 259. The maximum atomic E-state index is 11.5. The predicted molar refractivity (Wildman–Crippen MR) is 72.8 cm³/mol. The molecule has 0 bridgehead atoms. The van der Waals surface area contributed by atoms with Gasteiger partial charge in [0.15, 0.2) is 0 Å². The van der Waals surface area contributed by atoms with Gasteiger partial charge in [0.1, 0.15) is 0 Å². The highest BCUT2D eigenvalue weighted by atomic mass is 16.5. The van der Waals surface area contributed by atoms with Gasteiger partial charge >= 0.3 is 6.09 Å². The maximum Gasteiger partial charge on any atom is 0.409 e. The Morgan fingerprint density at radius 2 is 1.83 bits per heavy atom. The number of piperazine rings is 1. The molecule has 1 amide bonds. The van der Waals surface area contributed by atoms with Gasteiger partial charge in [-0.25, -0.2) is 4.79 Å². The number of rotatable bonds is 4. The molecule has 0 aromatic heterocycles. The van der Waals surface area contributed by atoms with Gasteiger partial charge in [-0.1, -0.05) is 0 Å². The van der Waals surface area contributed by atoms with E-state index in [2.05, 4.69) is 37.7 Å². The Balaban J connectivity index is 2.45. The van der Waals surface area contributed by atoms with Crippen LogP contribution >= 0.6 is 0 Å². The second-order valence-corrected chi connectivity index (χ2v) is 5.47. The first-order chi connectivity index (χ1) is 8.45. The molecule has 0 aromatic carbocycles. The molecule has 0 spiro atoms. The van der Waals surface area contributed by atoms with Crippen LogP contribution in [0.5, 0.6) is 0 Å². The molecule has 5 nitrogen and oxygen atoms in total. The molecule has 5 heteroatoms. The van der Waals surface area contributed by atoms with Crippen LogP contribution in [0.3, 0.4) is 0 Å². The van der Waals surface area contributed by atoms with Crippen LogP contribution in [0, 0.1) is 0 Å². The molecule has 2 atom stereocenters. The van der Waals surface area contributed by atoms with Gasteiger partial charge in [-0.05, 0) is 40.9 Å². The molecule has 0 saturated carbocycles. The Hall–Kier alpha value is -0.810. The molecule has 0 N–H and O–H groups in total. The van der Waals surface area contributed by atoms with E-state index in [0.717, 1.165) is 26.2 Å². The number of carbonyl (C=O) groups is 1. The first-order valence-corrected chi connectivity index (χ1v) is 6.69. The molecule has 1 heterocycles. The average Bonchev–Trinajstić information content (AvgIpc) is 2.31. The summed E-state index contributed by atoms with van der Waals surface area (Å²) in [5, 5.41) is 0. The SMILES string of the molecule is COC(=O)N1CC(C)N(CCCN(C)C)C(C)C1. The topological polar surface area (TPSA) is 36.0 Å². The Labute approximate surface area is 111 Å². The summed E-state index contributed by atoms with van der Waals surface area (Å²) in [5.74, 6) is 0. The van der Waals surface area contributed by atoms with E-state index >= 15 is 0 Å². The van der Waals surface area contributed by atoms with Gasteiger partial charge in [0.25, 0.3) is 0 Å². The van der Waals surface area contributed by atoms with Gasteiger partial charge in [-0.3, -0.25) is 4.90 Å². The Kier molecular flexibility index (Phi) is 5.88. The highest BCUT2D eigenvalue weighted by Gasteiger charge is 2.31. The third kappa shape index (κ3) is 4.14. The van der Waals surface area contributed by atoms with E-state index < -0.39 is 0 Å². The van der Waals surface area contributed by atoms with Crippen molar-refractivity contribution in [2.24, 2.45) is 0 Å². The van der Waals surface area contributed by atoms with E-state index in [9.17, 15) is 4.79 Å². The average molecular weight is 257 g/mol. The quantitative estimate of drug-likeness (QED) is 0.755. The van der Waals surface area contributed by atoms with Gasteiger partial charge in [-0.2, -0.15) is 0 Å². The van der Waals surface area contributed by atoms with Gasteiger partial charge in [0.2, 0.25) is 0 Å². The number of amides is 1. The van der Waals surface area contributed by atoms with Crippen molar-refractivity contribution >= 4 is 6.09 Å². The fourth-order valence-electron chi connectivity index (χ4n) is 2.65. The fraction of sp³-hybridized carbons (Fsp3) is 0.923. The Morgan fingerprint density at radius 3 is 2.28 bits per heavy atom. The third-order valence-electron chi connectivity index (χ3n) is 3.56. The summed E-state index contributed by atoms with van der Waals surface area (Å²) in [4.78, 5) is 18.0. The normalized spacial score (nSPS) is 25.6. The zero-order valence-corrected chi connectivity index (χ0v) is 12.3. The third-order valence-corrected chi connectivity index (χ3v) is 3.56. The lowest BCUT2D eigenvalue weighted by molar-refractivity contribution is 0.0325. The van der Waals surface area contributed by atoms with E-state index in [1.807, 2.05) is 0 Å². The lowest BCUT2D eigenvalue weighted by atomic mass is 10.1. The van der Waals surface area contributed by atoms with Crippen LogP contribution in [-0.2, 0) is 4.74 Å². The number of carbonyl (C=O) groups excluding carboxylic acids is 1. The highest BCUT2D eigenvalue weighted by Crippen LogP contribution is 2.16. The van der Waals surface area contributed by atoms with E-state index in [0.29, 0.717) is 12.1 Å². The molecule has 2 unspecified atom stereocenters. The van der Waals surface area contributed by atoms with Crippen molar-refractivity contribution in [2.75, 3.05) is 47.4 Å². The molecule has 0 radical (unpaired) electrons. The molecule has 106 valence electrons. The molecule has 1 fully saturated rings. The summed E-state index contributed by atoms with van der Waals surface area (Å²) in [7, 11) is 5.64. The van der Waals surface area contributed by atoms with E-state index in [-0.39, 0.29) is 6.09 Å². The van der Waals surface area contributed by atoms with Gasteiger partial charge in [0.05, 0.1) is 7.11 Å². The van der Waals surface area contributed by atoms with Crippen LogP contribution in [0.15, 0.2) is 0 Å². The zero-order chi connectivity index (χ0) is 13.7. The smallest absolute Gasteiger partial charge is 0.409 e. The molecule has 18 heavy (non-hydrogen) atoms. The van der Waals surface area contributed by atoms with E-state index in [1.54, 1.807) is 4.90 Å². The minimum Gasteiger partial charge on any atom is -0.453 e. The van der Waals surface area contributed by atoms with Gasteiger partial charge in [0, 0.05) is 31.7 Å². The summed E-state index contributed by atoms with van der Waals surface area (Å²) in [6, 6.07) is 0.796. The molecule has 1 aliphatic rings. The first-order valence-electron chi connectivity index (χ1n) is 6.69. The molecular formula is C13H27N3O2. The number of ether oxygens (including phenoxy) is 1. The highest BCUT2D eigenvalue weighted by molar-refractivity contribution is 5.67. The minimum absolute atomic E-state index is 0.207. The number of nitrogens with zero attached hydrogens (tertiary/aromatic N) is 3. The molecule has 1 aliphatic heterocycles. The largest absolute Gasteiger partial charge is 0.453 e. The molecular weight excluding hydrogens is 230 g/mol. The molecule has 1 rings (SSSR count). The zero-order valence-electron chi connectivity index (χ0n) is 12.3. The number of hydrogen-bond donors (Lipinski definition) is 0. The van der Waals surface area contributed by atoms with Crippen LogP contribution < -0.4 is 0 Å². The lowest BCUT2D eigenvalue weighted by Crippen LogP contribution is -2.58. The van der Waals surface area contributed by atoms with Crippen LogP contribution in [0.2, 0.25) is 0 Å². The number of hydrogen-bond acceptors (Lipinski definition) is 4. The lowest BCUT2D eigenvalue weighted by Gasteiger charge is -2.44. The summed E-state index contributed by atoms with van der Waals surface area (Å²) in [5.41, 5.74) is 0. The van der Waals surface area contributed by atoms with Gasteiger partial charge < -0.3 is 14.5 Å². The Morgan fingerprint density at radius 1 is 1.28 bits per heavy atom. The number of methoxy groups -OCH3 is 1. The van der Waals surface area contributed by atoms with Crippen molar-refractivity contribution in [2.45, 2.75) is 32.4 Å². The maximum absolute atomic E-state index is 11.5. The second kappa shape index (κ2) is 6.95. The monoisotopic (exact) mass is 257 g/mol. The van der Waals surface area contributed by atoms with Crippen LogP contribution in [0.4, 0.5) is 4.79 Å². The van der Waals surface area contributed by atoms with Crippen LogP contribution in [0.1, 0.15) is 20.3 Å². The van der Waals surface area contributed by atoms with Crippen LogP contribution in [0.25, 0.3) is 0 Å². The van der Waals surface area contributed by atoms with Crippen molar-refractivity contribution in [3.63, 3.8) is 0 Å². The summed E-state index contributed by atoms with van der Waals surface area (Å²) >= 11 is 0. The first kappa shape index (κ1) is 15.2. The van der Waals surface area contributed by atoms with E-state index in [1.165, 1.54) is 13.5 Å². The van der Waals surface area contributed by atoms with Crippen LogP contribution in [-0.4, -0.2) is 80.3 Å². The van der Waals surface area contributed by atoms with Crippen molar-refractivity contribution in [3.05, 3.63) is 0 Å². The molecule has 0 aliphatic carbocycles. The van der Waals surface area contributed by atoms with Gasteiger partial charge in [-0.15, -0.1) is 0 Å². The van der Waals surface area contributed by atoms with E-state index in [4.69, 9.17) is 4.74 Å². The minimum atomic E-state index is -0.207. The predicted octanol–water partition coefficient (Wildman–Crippen LogP) is 1.10. The van der Waals surface area contributed by atoms with Crippen molar-refractivity contribution in [3.8, 4) is 0 Å². The summed E-state index contributed by atoms with van der Waals surface area (Å²) in [6.45, 7) is 8.09. The molecule has 1 saturated heterocycles.